The summed E-state index contributed by atoms with van der Waals surface area (Å²) in [5.41, 5.74) is 0.928. The molecule has 0 saturated heterocycles. The Hall–Kier alpha value is -1.42. The molecule has 108 valence electrons. The average Bonchev–Trinajstić information content (AvgIpc) is 3.07. The number of hydrogen-bond acceptors (Lipinski definition) is 3. The van der Waals surface area contributed by atoms with E-state index in [1.807, 2.05) is 6.07 Å². The third-order valence-corrected chi connectivity index (χ3v) is 5.07. The van der Waals surface area contributed by atoms with Gasteiger partial charge in [-0.25, -0.2) is 9.78 Å². The third kappa shape index (κ3) is 2.70. The maximum atomic E-state index is 10.9. The van der Waals surface area contributed by atoms with Gasteiger partial charge in [0.25, 0.3) is 0 Å². The van der Waals surface area contributed by atoms with Crippen LogP contribution in [0.25, 0.3) is 0 Å². The number of fused-ring (bicyclic) bond motifs is 2. The Morgan fingerprint density at radius 2 is 2.30 bits per heavy atom. The Morgan fingerprint density at radius 1 is 1.45 bits per heavy atom. The Kier molecular flexibility index (Phi) is 3.74. The van der Waals surface area contributed by atoms with Gasteiger partial charge in [0.1, 0.15) is 5.69 Å². The van der Waals surface area contributed by atoms with Gasteiger partial charge in [0.2, 0.25) is 0 Å². The zero-order chi connectivity index (χ0) is 14.1. The summed E-state index contributed by atoms with van der Waals surface area (Å²) in [5.74, 6) is 1.69. The van der Waals surface area contributed by atoms with Crippen molar-refractivity contribution in [1.82, 2.24) is 10.3 Å². The number of pyridine rings is 1. The minimum atomic E-state index is -0.965. The lowest BCUT2D eigenvalue weighted by atomic mass is 9.84. The normalized spacial score (nSPS) is 29.6. The van der Waals surface area contributed by atoms with E-state index in [0.29, 0.717) is 12.6 Å². The van der Waals surface area contributed by atoms with Crippen LogP contribution in [0.4, 0.5) is 0 Å². The summed E-state index contributed by atoms with van der Waals surface area (Å²) < 4.78 is 0. The molecular weight excluding hydrogens is 252 g/mol. The number of hydrogen-bond donors (Lipinski definition) is 2. The predicted molar refractivity (Wildman–Crippen MR) is 76.4 cm³/mol. The highest BCUT2D eigenvalue weighted by Crippen LogP contribution is 2.49. The molecule has 0 spiro atoms. The summed E-state index contributed by atoms with van der Waals surface area (Å²) in [7, 11) is 0. The molecule has 2 aliphatic rings. The van der Waals surface area contributed by atoms with Crippen molar-refractivity contribution >= 4 is 5.97 Å². The Bertz CT molecular complexity index is 503. The van der Waals surface area contributed by atoms with E-state index in [0.717, 1.165) is 23.4 Å². The lowest BCUT2D eigenvalue weighted by Crippen LogP contribution is -2.36. The molecule has 1 aromatic heterocycles. The van der Waals surface area contributed by atoms with Crippen LogP contribution in [-0.4, -0.2) is 22.1 Å². The standard InChI is InChI=1S/C16H22N2O2/c1-10(14-8-11-5-6-12(14)7-11)17-9-13-3-2-4-15(18-13)16(19)20/h2-4,10-12,14,17H,5-9H2,1H3,(H,19,20). The number of carbonyl (C=O) groups is 1. The van der Waals surface area contributed by atoms with Gasteiger partial charge >= 0.3 is 5.97 Å². The molecule has 4 unspecified atom stereocenters. The highest BCUT2D eigenvalue weighted by atomic mass is 16.4. The SMILES string of the molecule is CC(NCc1cccc(C(=O)O)n1)C1CC2CCC1C2. The van der Waals surface area contributed by atoms with Gasteiger partial charge in [-0.3, -0.25) is 0 Å². The summed E-state index contributed by atoms with van der Waals surface area (Å²) in [5, 5.41) is 12.5. The van der Waals surface area contributed by atoms with Gasteiger partial charge in [-0.05, 0) is 56.1 Å². The number of nitrogens with one attached hydrogen (secondary N) is 1. The van der Waals surface area contributed by atoms with Crippen molar-refractivity contribution in [2.75, 3.05) is 0 Å². The number of rotatable bonds is 5. The van der Waals surface area contributed by atoms with E-state index in [1.165, 1.54) is 31.7 Å². The maximum absolute atomic E-state index is 10.9. The highest BCUT2D eigenvalue weighted by molar-refractivity contribution is 5.85. The van der Waals surface area contributed by atoms with Crippen molar-refractivity contribution < 1.29 is 9.90 Å². The first-order valence-corrected chi connectivity index (χ1v) is 7.56. The fourth-order valence-corrected chi connectivity index (χ4v) is 4.02. The van der Waals surface area contributed by atoms with E-state index >= 15 is 0 Å². The quantitative estimate of drug-likeness (QED) is 0.866. The van der Waals surface area contributed by atoms with Gasteiger partial charge in [-0.2, -0.15) is 0 Å². The molecule has 3 rings (SSSR count). The molecule has 4 atom stereocenters. The van der Waals surface area contributed by atoms with Crippen molar-refractivity contribution in [3.05, 3.63) is 29.6 Å². The first-order valence-electron chi connectivity index (χ1n) is 7.56. The number of aromatic carboxylic acids is 1. The van der Waals surface area contributed by atoms with Crippen molar-refractivity contribution in [2.45, 2.75) is 45.2 Å². The van der Waals surface area contributed by atoms with Crippen LogP contribution >= 0.6 is 0 Å². The van der Waals surface area contributed by atoms with Crippen LogP contribution in [0, 0.1) is 17.8 Å². The van der Waals surface area contributed by atoms with Crippen LogP contribution in [-0.2, 0) is 6.54 Å². The molecule has 20 heavy (non-hydrogen) atoms. The summed E-state index contributed by atoms with van der Waals surface area (Å²) in [6, 6.07) is 5.66. The molecule has 0 aliphatic heterocycles. The zero-order valence-corrected chi connectivity index (χ0v) is 11.9. The van der Waals surface area contributed by atoms with E-state index in [2.05, 4.69) is 17.2 Å². The van der Waals surface area contributed by atoms with E-state index in [-0.39, 0.29) is 5.69 Å². The molecule has 2 aliphatic carbocycles. The fraction of sp³-hybridized carbons (Fsp3) is 0.625. The largest absolute Gasteiger partial charge is 0.477 e. The van der Waals surface area contributed by atoms with E-state index in [9.17, 15) is 4.79 Å². The molecule has 1 aromatic rings. The van der Waals surface area contributed by atoms with Gasteiger partial charge in [0.15, 0.2) is 0 Å². The zero-order valence-electron chi connectivity index (χ0n) is 11.9. The first-order chi connectivity index (χ1) is 9.63. The predicted octanol–water partition coefficient (Wildman–Crippen LogP) is 2.69. The van der Waals surface area contributed by atoms with Crippen molar-refractivity contribution in [2.24, 2.45) is 17.8 Å². The summed E-state index contributed by atoms with van der Waals surface area (Å²) >= 11 is 0. The van der Waals surface area contributed by atoms with Crippen molar-refractivity contribution in [3.63, 3.8) is 0 Å². The number of aromatic nitrogens is 1. The second-order valence-corrected chi connectivity index (χ2v) is 6.33. The highest BCUT2D eigenvalue weighted by Gasteiger charge is 2.41. The van der Waals surface area contributed by atoms with Gasteiger partial charge in [-0.15, -0.1) is 0 Å². The van der Waals surface area contributed by atoms with Gasteiger partial charge in [-0.1, -0.05) is 12.5 Å². The van der Waals surface area contributed by atoms with Crippen molar-refractivity contribution in [1.29, 1.82) is 0 Å². The monoisotopic (exact) mass is 274 g/mol. The molecule has 2 saturated carbocycles. The van der Waals surface area contributed by atoms with Crippen LogP contribution in [0.5, 0.6) is 0 Å². The Morgan fingerprint density at radius 3 is 2.95 bits per heavy atom. The van der Waals surface area contributed by atoms with Crippen molar-refractivity contribution in [3.8, 4) is 0 Å². The first kappa shape index (κ1) is 13.6. The lowest BCUT2D eigenvalue weighted by molar-refractivity contribution is 0.0690. The molecular formula is C16H22N2O2. The lowest BCUT2D eigenvalue weighted by Gasteiger charge is -2.28. The number of carboxylic acid groups (broad SMARTS) is 1. The van der Waals surface area contributed by atoms with E-state index in [1.54, 1.807) is 6.07 Å². The maximum Gasteiger partial charge on any atom is 0.354 e. The van der Waals surface area contributed by atoms with E-state index < -0.39 is 5.97 Å². The minimum Gasteiger partial charge on any atom is -0.477 e. The second-order valence-electron chi connectivity index (χ2n) is 6.33. The number of carboxylic acids is 1. The minimum absolute atomic E-state index is 0.122. The van der Waals surface area contributed by atoms with Gasteiger partial charge in [0, 0.05) is 12.6 Å². The molecule has 4 heteroatoms. The number of nitrogens with zero attached hydrogens (tertiary/aromatic N) is 1. The van der Waals surface area contributed by atoms with Crippen LogP contribution in [0.2, 0.25) is 0 Å². The van der Waals surface area contributed by atoms with E-state index in [4.69, 9.17) is 5.11 Å². The third-order valence-electron chi connectivity index (χ3n) is 5.07. The van der Waals surface area contributed by atoms with Crippen LogP contribution in [0.3, 0.4) is 0 Å². The Labute approximate surface area is 119 Å². The molecule has 2 bridgehead atoms. The molecule has 2 N–H and O–H groups in total. The fourth-order valence-electron chi connectivity index (χ4n) is 4.02. The second kappa shape index (κ2) is 5.52. The molecule has 0 radical (unpaired) electrons. The van der Waals surface area contributed by atoms with Crippen LogP contribution < -0.4 is 5.32 Å². The molecule has 0 amide bonds. The topological polar surface area (TPSA) is 62.2 Å². The van der Waals surface area contributed by atoms with Gasteiger partial charge < -0.3 is 10.4 Å². The molecule has 1 heterocycles. The molecule has 4 nitrogen and oxygen atoms in total. The summed E-state index contributed by atoms with van der Waals surface area (Å²) in [4.78, 5) is 15.1. The van der Waals surface area contributed by atoms with Gasteiger partial charge in [0.05, 0.1) is 5.69 Å². The summed E-state index contributed by atoms with van der Waals surface area (Å²) in [6.07, 6.45) is 5.61. The van der Waals surface area contributed by atoms with Crippen LogP contribution in [0.15, 0.2) is 18.2 Å². The molecule has 0 aromatic carbocycles. The Balaban J connectivity index is 1.56. The average molecular weight is 274 g/mol. The summed E-state index contributed by atoms with van der Waals surface area (Å²) in [6.45, 7) is 2.91. The smallest absolute Gasteiger partial charge is 0.354 e. The van der Waals surface area contributed by atoms with Crippen LogP contribution in [0.1, 0.15) is 48.8 Å². The molecule has 2 fully saturated rings.